The molecule has 0 amide bonds. The molecule has 0 unspecified atom stereocenters. The van der Waals surface area contributed by atoms with E-state index in [0.717, 1.165) is 11.8 Å². The standard InChI is InChI=1S/C11H13NO4S/c13-10(14)8-3-1-2-4-9(8)12-5-6-17-11(15,16)7-12/h1-4,15-16H,5-7H2,(H,13,14). The van der Waals surface area contributed by atoms with Gasteiger partial charge < -0.3 is 20.2 Å². The maximum Gasteiger partial charge on any atom is 0.337 e. The van der Waals surface area contributed by atoms with Crippen LogP contribution < -0.4 is 4.90 Å². The Hall–Kier alpha value is -1.24. The van der Waals surface area contributed by atoms with E-state index in [-0.39, 0.29) is 12.1 Å². The topological polar surface area (TPSA) is 81.0 Å². The van der Waals surface area contributed by atoms with Gasteiger partial charge in [0.15, 0.2) is 0 Å². The SMILES string of the molecule is O=C(O)c1ccccc1N1CCSC(O)(O)C1. The Morgan fingerprint density at radius 3 is 2.71 bits per heavy atom. The Kier molecular flexibility index (Phi) is 3.28. The van der Waals surface area contributed by atoms with E-state index in [1.54, 1.807) is 23.1 Å². The fourth-order valence-corrected chi connectivity index (χ4v) is 2.71. The van der Waals surface area contributed by atoms with Gasteiger partial charge in [0.2, 0.25) is 5.12 Å². The van der Waals surface area contributed by atoms with Crippen LogP contribution in [-0.2, 0) is 0 Å². The Bertz CT molecular complexity index is 435. The second-order valence-electron chi connectivity index (χ2n) is 3.84. The summed E-state index contributed by atoms with van der Waals surface area (Å²) >= 11 is 1.06. The van der Waals surface area contributed by atoms with E-state index in [9.17, 15) is 15.0 Å². The number of carboxylic acid groups (broad SMARTS) is 1. The molecule has 1 heterocycles. The Morgan fingerprint density at radius 2 is 2.06 bits per heavy atom. The lowest BCUT2D eigenvalue weighted by molar-refractivity contribution is -0.0698. The van der Waals surface area contributed by atoms with Gasteiger partial charge in [-0.25, -0.2) is 4.79 Å². The van der Waals surface area contributed by atoms with Crippen LogP contribution in [-0.4, -0.2) is 45.3 Å². The molecule has 92 valence electrons. The molecule has 0 radical (unpaired) electrons. The van der Waals surface area contributed by atoms with Crippen molar-refractivity contribution in [2.75, 3.05) is 23.7 Å². The quantitative estimate of drug-likeness (QED) is 0.671. The first-order valence-electron chi connectivity index (χ1n) is 5.15. The number of benzene rings is 1. The largest absolute Gasteiger partial charge is 0.478 e. The van der Waals surface area contributed by atoms with Gasteiger partial charge in [-0.1, -0.05) is 23.9 Å². The van der Waals surface area contributed by atoms with Crippen LogP contribution in [0.3, 0.4) is 0 Å². The van der Waals surface area contributed by atoms with Crippen LogP contribution in [0.1, 0.15) is 10.4 Å². The number of anilines is 1. The molecule has 1 saturated heterocycles. The lowest BCUT2D eigenvalue weighted by Gasteiger charge is -2.36. The molecule has 1 aliphatic heterocycles. The van der Waals surface area contributed by atoms with Crippen LogP contribution >= 0.6 is 11.8 Å². The molecule has 1 aromatic rings. The van der Waals surface area contributed by atoms with Crippen molar-refractivity contribution in [1.29, 1.82) is 0 Å². The first kappa shape index (κ1) is 12.2. The molecule has 1 aromatic carbocycles. The number of hydrogen-bond acceptors (Lipinski definition) is 5. The average molecular weight is 255 g/mol. The van der Waals surface area contributed by atoms with Gasteiger partial charge in [0.05, 0.1) is 17.8 Å². The third-order valence-corrected chi connectivity index (χ3v) is 3.54. The molecule has 0 bridgehead atoms. The monoisotopic (exact) mass is 255 g/mol. The van der Waals surface area contributed by atoms with E-state index in [0.29, 0.717) is 18.0 Å². The zero-order valence-corrected chi connectivity index (χ0v) is 9.85. The average Bonchev–Trinajstić information content (AvgIpc) is 2.27. The third-order valence-electron chi connectivity index (χ3n) is 2.57. The van der Waals surface area contributed by atoms with Crippen LogP contribution in [0.15, 0.2) is 24.3 Å². The molecule has 3 N–H and O–H groups in total. The van der Waals surface area contributed by atoms with Crippen molar-refractivity contribution >= 4 is 23.4 Å². The van der Waals surface area contributed by atoms with Crippen LogP contribution in [0, 0.1) is 0 Å². The predicted molar refractivity (Wildman–Crippen MR) is 65.2 cm³/mol. The fourth-order valence-electron chi connectivity index (χ4n) is 1.83. The Labute approximate surface area is 103 Å². The summed E-state index contributed by atoms with van der Waals surface area (Å²) in [5.41, 5.74) is 0.697. The minimum atomic E-state index is -1.82. The van der Waals surface area contributed by atoms with Crippen molar-refractivity contribution in [3.8, 4) is 0 Å². The summed E-state index contributed by atoms with van der Waals surface area (Å²) in [6.45, 7) is 0.597. The van der Waals surface area contributed by atoms with E-state index < -0.39 is 11.1 Å². The van der Waals surface area contributed by atoms with E-state index in [1.807, 2.05) is 0 Å². The number of carboxylic acids is 1. The summed E-state index contributed by atoms with van der Waals surface area (Å²) < 4.78 is 0. The summed E-state index contributed by atoms with van der Waals surface area (Å²) in [5, 5.41) is 26.4. The number of β-amino-alcohol motifs (C(OH)–C–C–N with tert-alkyl or cyclic N) is 2. The summed E-state index contributed by atoms with van der Waals surface area (Å²) in [6.07, 6.45) is 0. The highest BCUT2D eigenvalue weighted by Gasteiger charge is 2.32. The number of aromatic carboxylic acids is 1. The molecule has 5 nitrogen and oxygen atoms in total. The number of carbonyl (C=O) groups is 1. The fraction of sp³-hybridized carbons (Fsp3) is 0.364. The summed E-state index contributed by atoms with van der Waals surface area (Å²) in [5.74, 6) is -0.471. The van der Waals surface area contributed by atoms with Crippen molar-refractivity contribution in [2.24, 2.45) is 0 Å². The molecule has 0 aliphatic carbocycles. The second-order valence-corrected chi connectivity index (χ2v) is 5.19. The van der Waals surface area contributed by atoms with Gasteiger partial charge in [0, 0.05) is 12.3 Å². The highest BCUT2D eigenvalue weighted by atomic mass is 32.2. The zero-order chi connectivity index (χ0) is 12.5. The Morgan fingerprint density at radius 1 is 1.35 bits per heavy atom. The molecule has 1 fully saturated rings. The first-order chi connectivity index (χ1) is 7.99. The maximum atomic E-state index is 11.1. The van der Waals surface area contributed by atoms with Gasteiger partial charge in [0.25, 0.3) is 0 Å². The normalized spacial score (nSPS) is 19.1. The van der Waals surface area contributed by atoms with E-state index >= 15 is 0 Å². The molecular formula is C11H13NO4S. The highest BCUT2D eigenvalue weighted by Crippen LogP contribution is 2.30. The van der Waals surface area contributed by atoms with Gasteiger partial charge in [0.1, 0.15) is 0 Å². The van der Waals surface area contributed by atoms with Crippen molar-refractivity contribution in [3.63, 3.8) is 0 Å². The molecule has 0 saturated carbocycles. The minimum Gasteiger partial charge on any atom is -0.478 e. The van der Waals surface area contributed by atoms with Crippen molar-refractivity contribution in [1.82, 2.24) is 0 Å². The van der Waals surface area contributed by atoms with E-state index in [2.05, 4.69) is 0 Å². The Balaban J connectivity index is 2.30. The predicted octanol–water partition coefficient (Wildman–Crippen LogP) is 0.576. The molecular weight excluding hydrogens is 242 g/mol. The molecule has 0 spiro atoms. The molecule has 17 heavy (non-hydrogen) atoms. The minimum absolute atomic E-state index is 0.00194. The maximum absolute atomic E-state index is 11.1. The lowest BCUT2D eigenvalue weighted by atomic mass is 10.1. The van der Waals surface area contributed by atoms with Crippen LogP contribution in [0.2, 0.25) is 0 Å². The van der Waals surface area contributed by atoms with Crippen molar-refractivity contribution in [2.45, 2.75) is 5.12 Å². The number of hydrogen-bond donors (Lipinski definition) is 3. The number of para-hydroxylation sites is 1. The van der Waals surface area contributed by atoms with Crippen LogP contribution in [0.5, 0.6) is 0 Å². The smallest absolute Gasteiger partial charge is 0.337 e. The van der Waals surface area contributed by atoms with Gasteiger partial charge in [-0.2, -0.15) is 0 Å². The molecule has 1 aliphatic rings. The molecule has 2 rings (SSSR count). The number of rotatable bonds is 2. The van der Waals surface area contributed by atoms with Gasteiger partial charge in [-0.3, -0.25) is 0 Å². The summed E-state index contributed by atoms with van der Waals surface area (Å²) in [7, 11) is 0. The molecule has 0 atom stereocenters. The highest BCUT2D eigenvalue weighted by molar-refractivity contribution is 8.00. The van der Waals surface area contributed by atoms with Crippen LogP contribution in [0.25, 0.3) is 0 Å². The molecule has 0 aromatic heterocycles. The van der Waals surface area contributed by atoms with E-state index in [4.69, 9.17) is 5.11 Å². The molecule has 6 heteroatoms. The van der Waals surface area contributed by atoms with Gasteiger partial charge in [-0.15, -0.1) is 0 Å². The van der Waals surface area contributed by atoms with Crippen molar-refractivity contribution in [3.05, 3.63) is 29.8 Å². The first-order valence-corrected chi connectivity index (χ1v) is 6.14. The number of nitrogens with zero attached hydrogens (tertiary/aromatic N) is 1. The zero-order valence-electron chi connectivity index (χ0n) is 9.04. The summed E-state index contributed by atoms with van der Waals surface area (Å²) in [6, 6.07) is 6.57. The van der Waals surface area contributed by atoms with Crippen molar-refractivity contribution < 1.29 is 20.1 Å². The summed E-state index contributed by atoms with van der Waals surface area (Å²) in [4.78, 5) is 12.7. The third kappa shape index (κ3) is 2.71. The van der Waals surface area contributed by atoms with E-state index in [1.165, 1.54) is 6.07 Å². The second kappa shape index (κ2) is 4.56. The van der Waals surface area contributed by atoms with Crippen LogP contribution in [0.4, 0.5) is 5.69 Å². The number of thioether (sulfide) groups is 1. The van der Waals surface area contributed by atoms with Gasteiger partial charge >= 0.3 is 5.97 Å². The lowest BCUT2D eigenvalue weighted by Crippen LogP contribution is -2.47. The number of aliphatic hydroxyl groups is 2. The van der Waals surface area contributed by atoms with Gasteiger partial charge in [-0.05, 0) is 12.1 Å².